The van der Waals surface area contributed by atoms with Crippen LogP contribution in [-0.2, 0) is 9.53 Å². The molecule has 3 rings (SSSR count). The molecule has 0 aromatic heterocycles. The molecule has 0 aliphatic carbocycles. The zero-order valence-corrected chi connectivity index (χ0v) is 17.6. The van der Waals surface area contributed by atoms with Gasteiger partial charge in [0.15, 0.2) is 6.10 Å². The van der Waals surface area contributed by atoms with Crippen LogP contribution < -0.4 is 5.32 Å². The highest BCUT2D eigenvalue weighted by atomic mass is 79.9. The molecule has 0 radical (unpaired) electrons. The number of carbonyl (C=O) groups excluding carboxylic acids is 4. The molecule has 1 atom stereocenters. The summed E-state index contributed by atoms with van der Waals surface area (Å²) in [6.07, 6.45) is -1.05. The first-order valence-corrected chi connectivity index (χ1v) is 9.77. The average molecular weight is 459 g/mol. The number of carbonyl (C=O) groups is 4. The predicted molar refractivity (Wildman–Crippen MR) is 110 cm³/mol. The standard InChI is InChI=1S/C21H19BrN2O5/c1-11(2)24-19(26)16-9-4-13(10-17(16)20(24)27)21(28)29-12(3)18(25)23-15-7-5-14(22)6-8-15/h4-12H,1-3H3,(H,23,25). The van der Waals surface area contributed by atoms with Gasteiger partial charge in [0.1, 0.15) is 0 Å². The molecular formula is C21H19BrN2O5. The predicted octanol–water partition coefficient (Wildman–Crippen LogP) is 3.64. The molecule has 3 amide bonds. The van der Waals surface area contributed by atoms with Crippen molar-refractivity contribution in [1.29, 1.82) is 0 Å². The Morgan fingerprint density at radius 3 is 2.21 bits per heavy atom. The van der Waals surface area contributed by atoms with Gasteiger partial charge < -0.3 is 10.1 Å². The Hall–Kier alpha value is -3.00. The van der Waals surface area contributed by atoms with Crippen LogP contribution in [0.25, 0.3) is 0 Å². The van der Waals surface area contributed by atoms with Crippen molar-refractivity contribution < 1.29 is 23.9 Å². The van der Waals surface area contributed by atoms with Crippen molar-refractivity contribution in [2.45, 2.75) is 32.9 Å². The molecule has 0 saturated heterocycles. The summed E-state index contributed by atoms with van der Waals surface area (Å²) in [4.78, 5) is 50.6. The Morgan fingerprint density at radius 2 is 1.59 bits per heavy atom. The van der Waals surface area contributed by atoms with E-state index < -0.39 is 23.9 Å². The minimum absolute atomic E-state index is 0.0961. The first-order chi connectivity index (χ1) is 13.7. The number of nitrogens with zero attached hydrogens (tertiary/aromatic N) is 1. The summed E-state index contributed by atoms with van der Waals surface area (Å²) >= 11 is 3.31. The van der Waals surface area contributed by atoms with Crippen LogP contribution in [0.4, 0.5) is 5.69 Å². The summed E-state index contributed by atoms with van der Waals surface area (Å²) in [5, 5.41) is 2.66. The van der Waals surface area contributed by atoms with Crippen LogP contribution >= 0.6 is 15.9 Å². The third-order valence-corrected chi connectivity index (χ3v) is 4.96. The van der Waals surface area contributed by atoms with E-state index in [9.17, 15) is 19.2 Å². The lowest BCUT2D eigenvalue weighted by molar-refractivity contribution is -0.123. The number of amides is 3. The van der Waals surface area contributed by atoms with Gasteiger partial charge in [-0.25, -0.2) is 4.79 Å². The van der Waals surface area contributed by atoms with Gasteiger partial charge in [-0.1, -0.05) is 15.9 Å². The monoisotopic (exact) mass is 458 g/mol. The zero-order valence-electron chi connectivity index (χ0n) is 16.1. The molecule has 8 heteroatoms. The van der Waals surface area contributed by atoms with Crippen molar-refractivity contribution in [2.75, 3.05) is 5.32 Å². The minimum atomic E-state index is -1.05. The lowest BCUT2D eigenvalue weighted by Gasteiger charge is -2.17. The number of imide groups is 1. The van der Waals surface area contributed by atoms with Crippen molar-refractivity contribution >= 4 is 45.3 Å². The van der Waals surface area contributed by atoms with Crippen LogP contribution in [0.3, 0.4) is 0 Å². The molecule has 2 aromatic rings. The van der Waals surface area contributed by atoms with E-state index in [1.54, 1.807) is 38.1 Å². The summed E-state index contributed by atoms with van der Waals surface area (Å²) in [6, 6.07) is 10.8. The lowest BCUT2D eigenvalue weighted by Crippen LogP contribution is -2.35. The topological polar surface area (TPSA) is 92.8 Å². The summed E-state index contributed by atoms with van der Waals surface area (Å²) in [5.74, 6) is -2.08. The number of hydrogen-bond donors (Lipinski definition) is 1. The highest BCUT2D eigenvalue weighted by Crippen LogP contribution is 2.26. The van der Waals surface area contributed by atoms with E-state index in [-0.39, 0.29) is 28.6 Å². The Labute approximate surface area is 176 Å². The van der Waals surface area contributed by atoms with Crippen molar-refractivity contribution in [3.05, 3.63) is 63.6 Å². The quantitative estimate of drug-likeness (QED) is 0.545. The van der Waals surface area contributed by atoms with Crippen molar-refractivity contribution in [2.24, 2.45) is 0 Å². The molecule has 1 aliphatic heterocycles. The molecule has 2 aromatic carbocycles. The third-order valence-electron chi connectivity index (χ3n) is 4.43. The van der Waals surface area contributed by atoms with Gasteiger partial charge in [-0.15, -0.1) is 0 Å². The summed E-state index contributed by atoms with van der Waals surface area (Å²) < 4.78 is 6.09. The molecule has 0 saturated carbocycles. The first-order valence-electron chi connectivity index (χ1n) is 8.98. The highest BCUT2D eigenvalue weighted by Gasteiger charge is 2.37. The number of benzene rings is 2. The van der Waals surface area contributed by atoms with Crippen LogP contribution in [0.1, 0.15) is 51.8 Å². The number of hydrogen-bond acceptors (Lipinski definition) is 5. The highest BCUT2D eigenvalue weighted by molar-refractivity contribution is 9.10. The summed E-state index contributed by atoms with van der Waals surface area (Å²) in [6.45, 7) is 4.93. The van der Waals surface area contributed by atoms with Gasteiger partial charge in [0.2, 0.25) is 0 Å². The van der Waals surface area contributed by atoms with E-state index >= 15 is 0 Å². The van der Waals surface area contributed by atoms with Crippen LogP contribution in [0.5, 0.6) is 0 Å². The van der Waals surface area contributed by atoms with E-state index in [0.717, 1.165) is 9.37 Å². The fraction of sp³-hybridized carbons (Fsp3) is 0.238. The fourth-order valence-corrected chi connectivity index (χ4v) is 3.18. The molecule has 29 heavy (non-hydrogen) atoms. The number of rotatable bonds is 5. The van der Waals surface area contributed by atoms with E-state index in [1.165, 1.54) is 25.1 Å². The number of ether oxygens (including phenoxy) is 1. The number of halogens is 1. The SMILES string of the molecule is CC(OC(=O)c1ccc2c(c1)C(=O)N(C(C)C)C2=O)C(=O)Nc1ccc(Br)cc1. The molecule has 0 spiro atoms. The molecule has 150 valence electrons. The second kappa shape index (κ2) is 8.16. The molecular weight excluding hydrogens is 440 g/mol. The van der Waals surface area contributed by atoms with Crippen LogP contribution in [0.2, 0.25) is 0 Å². The van der Waals surface area contributed by atoms with Gasteiger partial charge in [0.05, 0.1) is 16.7 Å². The second-order valence-corrected chi connectivity index (χ2v) is 7.79. The minimum Gasteiger partial charge on any atom is -0.449 e. The van der Waals surface area contributed by atoms with Crippen LogP contribution in [0.15, 0.2) is 46.9 Å². The Balaban J connectivity index is 1.70. The van der Waals surface area contributed by atoms with E-state index in [4.69, 9.17) is 4.74 Å². The molecule has 7 nitrogen and oxygen atoms in total. The number of nitrogens with one attached hydrogen (secondary N) is 1. The van der Waals surface area contributed by atoms with Crippen molar-refractivity contribution in [3.63, 3.8) is 0 Å². The maximum Gasteiger partial charge on any atom is 0.338 e. The van der Waals surface area contributed by atoms with Crippen LogP contribution in [-0.4, -0.2) is 40.7 Å². The first kappa shape index (κ1) is 20.7. The number of esters is 1. The third kappa shape index (κ3) is 4.22. The fourth-order valence-electron chi connectivity index (χ4n) is 2.91. The van der Waals surface area contributed by atoms with Crippen molar-refractivity contribution in [1.82, 2.24) is 4.90 Å². The molecule has 1 N–H and O–H groups in total. The van der Waals surface area contributed by atoms with Gasteiger partial charge in [-0.3, -0.25) is 19.3 Å². The van der Waals surface area contributed by atoms with Crippen molar-refractivity contribution in [3.8, 4) is 0 Å². The van der Waals surface area contributed by atoms with E-state index in [1.807, 2.05) is 0 Å². The van der Waals surface area contributed by atoms with Gasteiger partial charge in [-0.2, -0.15) is 0 Å². The maximum absolute atomic E-state index is 12.5. The molecule has 1 unspecified atom stereocenters. The van der Waals surface area contributed by atoms with Gasteiger partial charge in [0.25, 0.3) is 17.7 Å². The number of fused-ring (bicyclic) bond motifs is 1. The smallest absolute Gasteiger partial charge is 0.338 e. The van der Waals surface area contributed by atoms with Gasteiger partial charge >= 0.3 is 5.97 Å². The molecule has 1 heterocycles. The van der Waals surface area contributed by atoms with Gasteiger partial charge in [0, 0.05) is 16.2 Å². The maximum atomic E-state index is 12.5. The van der Waals surface area contributed by atoms with Gasteiger partial charge in [-0.05, 0) is 63.2 Å². The normalized spacial score (nSPS) is 14.0. The number of anilines is 1. The van der Waals surface area contributed by atoms with E-state index in [0.29, 0.717) is 5.69 Å². The Bertz CT molecular complexity index is 1000. The lowest BCUT2D eigenvalue weighted by atomic mass is 10.1. The molecule has 1 aliphatic rings. The largest absolute Gasteiger partial charge is 0.449 e. The van der Waals surface area contributed by atoms with E-state index in [2.05, 4.69) is 21.2 Å². The Morgan fingerprint density at radius 1 is 0.966 bits per heavy atom. The summed E-state index contributed by atoms with van der Waals surface area (Å²) in [5.41, 5.74) is 1.07. The summed E-state index contributed by atoms with van der Waals surface area (Å²) in [7, 11) is 0. The zero-order chi connectivity index (χ0) is 21.3. The van der Waals surface area contributed by atoms with Crippen LogP contribution in [0, 0.1) is 0 Å². The molecule has 0 bridgehead atoms. The molecule has 0 fully saturated rings. The average Bonchev–Trinajstić information content (AvgIpc) is 2.93. The second-order valence-electron chi connectivity index (χ2n) is 6.88. The Kier molecular flexibility index (Phi) is 5.83.